The Morgan fingerprint density at radius 3 is 2.90 bits per heavy atom. The first kappa shape index (κ1) is 13.9. The van der Waals surface area contributed by atoms with Crippen molar-refractivity contribution in [3.8, 4) is 11.3 Å². The van der Waals surface area contributed by atoms with Gasteiger partial charge in [-0.15, -0.1) is 0 Å². The predicted molar refractivity (Wildman–Crippen MR) is 83.3 cm³/mol. The fourth-order valence-corrected chi connectivity index (χ4v) is 2.73. The lowest BCUT2D eigenvalue weighted by Crippen LogP contribution is -2.28. The van der Waals surface area contributed by atoms with Gasteiger partial charge in [0.2, 0.25) is 5.91 Å². The third-order valence-electron chi connectivity index (χ3n) is 3.07. The number of thioether (sulfide) groups is 1. The molecule has 6 heteroatoms. The maximum Gasteiger partial charge on any atom is 0.232 e. The Bertz CT molecular complexity index is 676. The number of carbonyl (C=O) groups is 1. The molecule has 0 spiro atoms. The van der Waals surface area contributed by atoms with Gasteiger partial charge in [-0.05, 0) is 6.92 Å². The molecule has 2 heterocycles. The van der Waals surface area contributed by atoms with Crippen molar-refractivity contribution < 1.29 is 9.32 Å². The number of aromatic nitrogens is 1. The molecule has 108 valence electrons. The largest absolute Gasteiger partial charge is 0.356 e. The van der Waals surface area contributed by atoms with E-state index in [2.05, 4.69) is 15.5 Å². The van der Waals surface area contributed by atoms with Gasteiger partial charge in [0.1, 0.15) is 0 Å². The van der Waals surface area contributed by atoms with Crippen LogP contribution >= 0.6 is 11.8 Å². The summed E-state index contributed by atoms with van der Waals surface area (Å²) in [7, 11) is 0. The van der Waals surface area contributed by atoms with Crippen molar-refractivity contribution in [1.29, 1.82) is 0 Å². The van der Waals surface area contributed by atoms with Crippen LogP contribution in [0.5, 0.6) is 0 Å². The van der Waals surface area contributed by atoms with Crippen molar-refractivity contribution in [3.63, 3.8) is 0 Å². The molecule has 0 radical (unpaired) electrons. The van der Waals surface area contributed by atoms with Crippen LogP contribution in [0, 0.1) is 6.92 Å². The number of hydrogen-bond acceptors (Lipinski definition) is 5. The molecule has 1 N–H and O–H groups in total. The highest BCUT2D eigenvalue weighted by Crippen LogP contribution is 2.21. The van der Waals surface area contributed by atoms with Crippen molar-refractivity contribution in [2.24, 2.45) is 4.99 Å². The fraction of sp³-hybridized carbons (Fsp3) is 0.267. The minimum atomic E-state index is -0.119. The quantitative estimate of drug-likeness (QED) is 0.945. The van der Waals surface area contributed by atoms with E-state index in [1.54, 1.807) is 17.8 Å². The summed E-state index contributed by atoms with van der Waals surface area (Å²) >= 11 is 1.56. The topological polar surface area (TPSA) is 67.5 Å². The average molecular weight is 301 g/mol. The van der Waals surface area contributed by atoms with Crippen LogP contribution in [-0.2, 0) is 11.2 Å². The van der Waals surface area contributed by atoms with E-state index in [9.17, 15) is 4.79 Å². The molecule has 0 saturated heterocycles. The maximum atomic E-state index is 11.9. The predicted octanol–water partition coefficient (Wildman–Crippen LogP) is 2.41. The Morgan fingerprint density at radius 2 is 2.19 bits per heavy atom. The molecule has 0 atom stereocenters. The van der Waals surface area contributed by atoms with Gasteiger partial charge in [-0.2, -0.15) is 0 Å². The molecule has 0 aliphatic carbocycles. The Hall–Kier alpha value is -2.08. The number of amidine groups is 1. The summed E-state index contributed by atoms with van der Waals surface area (Å²) in [6.07, 6.45) is 0.189. The van der Waals surface area contributed by atoms with Gasteiger partial charge < -0.3 is 9.84 Å². The van der Waals surface area contributed by atoms with Crippen molar-refractivity contribution in [3.05, 3.63) is 41.6 Å². The van der Waals surface area contributed by atoms with Gasteiger partial charge in [-0.1, -0.05) is 46.7 Å². The highest BCUT2D eigenvalue weighted by Gasteiger charge is 2.14. The molecular weight excluding hydrogens is 286 g/mol. The van der Waals surface area contributed by atoms with Crippen LogP contribution in [0.2, 0.25) is 0 Å². The number of carbonyl (C=O) groups excluding carboxylic acids is 1. The zero-order valence-corrected chi connectivity index (χ0v) is 12.4. The van der Waals surface area contributed by atoms with E-state index in [0.717, 1.165) is 17.9 Å². The van der Waals surface area contributed by atoms with Gasteiger partial charge in [0, 0.05) is 17.4 Å². The van der Waals surface area contributed by atoms with Gasteiger partial charge in [0.15, 0.2) is 10.9 Å². The first-order valence-corrected chi connectivity index (χ1v) is 7.69. The number of benzene rings is 1. The lowest BCUT2D eigenvalue weighted by atomic mass is 10.1. The molecule has 2 aromatic rings. The van der Waals surface area contributed by atoms with Gasteiger partial charge in [0.05, 0.1) is 18.7 Å². The van der Waals surface area contributed by atoms with Crippen LogP contribution in [0.25, 0.3) is 11.3 Å². The monoisotopic (exact) mass is 301 g/mol. The van der Waals surface area contributed by atoms with E-state index in [1.165, 1.54) is 5.56 Å². The summed E-state index contributed by atoms with van der Waals surface area (Å²) in [6, 6.07) is 9.78. The zero-order chi connectivity index (χ0) is 14.7. The van der Waals surface area contributed by atoms with Crippen molar-refractivity contribution in [2.75, 3.05) is 12.3 Å². The molecule has 0 saturated carbocycles. The zero-order valence-electron chi connectivity index (χ0n) is 11.6. The summed E-state index contributed by atoms with van der Waals surface area (Å²) in [5.74, 6) is 1.48. The van der Waals surface area contributed by atoms with Crippen molar-refractivity contribution >= 4 is 22.8 Å². The summed E-state index contributed by atoms with van der Waals surface area (Å²) in [6.45, 7) is 2.80. The molecule has 21 heavy (non-hydrogen) atoms. The van der Waals surface area contributed by atoms with Crippen LogP contribution < -0.4 is 5.32 Å². The minimum Gasteiger partial charge on any atom is -0.356 e. The smallest absolute Gasteiger partial charge is 0.232 e. The molecule has 0 unspecified atom stereocenters. The standard InChI is InChI=1S/C15H15N3O2S/c1-10-2-4-11(5-3-10)13-8-12(18-20-13)9-14(19)17-15-16-6-7-21-15/h2-5,8H,6-7,9H2,1H3,(H,16,17,19). The first-order chi connectivity index (χ1) is 10.2. The second-order valence-electron chi connectivity index (χ2n) is 4.81. The number of aryl methyl sites for hydroxylation is 1. The van der Waals surface area contributed by atoms with E-state index < -0.39 is 0 Å². The Labute approximate surface area is 126 Å². The van der Waals surface area contributed by atoms with Crippen LogP contribution in [0.4, 0.5) is 0 Å². The second-order valence-corrected chi connectivity index (χ2v) is 5.89. The Morgan fingerprint density at radius 1 is 1.38 bits per heavy atom. The van der Waals surface area contributed by atoms with Crippen LogP contribution in [-0.4, -0.2) is 28.5 Å². The summed E-state index contributed by atoms with van der Waals surface area (Å²) < 4.78 is 5.30. The fourth-order valence-electron chi connectivity index (χ4n) is 1.99. The molecule has 3 rings (SSSR count). The molecule has 0 bridgehead atoms. The molecule has 0 fully saturated rings. The number of hydrogen-bond donors (Lipinski definition) is 1. The first-order valence-electron chi connectivity index (χ1n) is 6.70. The Kier molecular flexibility index (Phi) is 4.06. The number of nitrogens with one attached hydrogen (secondary N) is 1. The maximum absolute atomic E-state index is 11.9. The minimum absolute atomic E-state index is 0.119. The molecular formula is C15H15N3O2S. The lowest BCUT2D eigenvalue weighted by molar-refractivity contribution is -0.119. The average Bonchev–Trinajstić information content (AvgIpc) is 3.11. The van der Waals surface area contributed by atoms with Gasteiger partial charge in [-0.25, -0.2) is 0 Å². The summed E-state index contributed by atoms with van der Waals surface area (Å²) in [4.78, 5) is 16.1. The summed E-state index contributed by atoms with van der Waals surface area (Å²) in [5, 5.41) is 7.42. The molecule has 1 aromatic carbocycles. The number of amides is 1. The summed E-state index contributed by atoms with van der Waals surface area (Å²) in [5.41, 5.74) is 2.76. The van der Waals surface area contributed by atoms with Crippen LogP contribution in [0.1, 0.15) is 11.3 Å². The van der Waals surface area contributed by atoms with Gasteiger partial charge in [-0.3, -0.25) is 9.79 Å². The second kappa shape index (κ2) is 6.13. The van der Waals surface area contributed by atoms with E-state index in [1.807, 2.05) is 31.2 Å². The number of aliphatic imine (C=N–C) groups is 1. The van der Waals surface area contributed by atoms with Gasteiger partial charge >= 0.3 is 0 Å². The molecule has 1 aliphatic rings. The molecule has 1 amide bonds. The molecule has 1 aliphatic heterocycles. The third-order valence-corrected chi connectivity index (χ3v) is 3.96. The third kappa shape index (κ3) is 3.52. The Balaban J connectivity index is 1.64. The van der Waals surface area contributed by atoms with Crippen molar-refractivity contribution in [1.82, 2.24) is 10.5 Å². The molecule has 1 aromatic heterocycles. The highest BCUT2D eigenvalue weighted by atomic mass is 32.2. The van der Waals surface area contributed by atoms with Crippen LogP contribution in [0.15, 0.2) is 39.8 Å². The van der Waals surface area contributed by atoms with Crippen molar-refractivity contribution in [2.45, 2.75) is 13.3 Å². The van der Waals surface area contributed by atoms with E-state index in [0.29, 0.717) is 16.6 Å². The van der Waals surface area contributed by atoms with E-state index >= 15 is 0 Å². The SMILES string of the molecule is Cc1ccc(-c2cc(CC(=O)NC3=NCCS3)no2)cc1. The van der Waals surface area contributed by atoms with Gasteiger partial charge in [0.25, 0.3) is 0 Å². The normalized spacial score (nSPS) is 14.0. The number of rotatable bonds is 3. The van der Waals surface area contributed by atoms with E-state index in [-0.39, 0.29) is 12.3 Å². The van der Waals surface area contributed by atoms with Crippen LogP contribution in [0.3, 0.4) is 0 Å². The number of nitrogens with zero attached hydrogens (tertiary/aromatic N) is 2. The van der Waals surface area contributed by atoms with E-state index in [4.69, 9.17) is 4.52 Å². The molecule has 5 nitrogen and oxygen atoms in total. The highest BCUT2D eigenvalue weighted by molar-refractivity contribution is 8.14. The lowest BCUT2D eigenvalue weighted by Gasteiger charge is -2.00.